The van der Waals surface area contributed by atoms with E-state index in [0.29, 0.717) is 57.3 Å². The highest BCUT2D eigenvalue weighted by Crippen LogP contribution is 2.46. The smallest absolute Gasteiger partial charge is 0.302 e. The average molecular weight is 564 g/mol. The lowest BCUT2D eigenvalue weighted by molar-refractivity contribution is -0.141. The molecule has 8 nitrogen and oxygen atoms in total. The third-order valence-corrected chi connectivity index (χ3v) is 7.65. The minimum Gasteiger partial charge on any atom is -0.497 e. The number of rotatable bonds is 8. The van der Waals surface area contributed by atoms with Crippen LogP contribution in [0, 0.1) is 0 Å². The Balaban J connectivity index is 1.72. The summed E-state index contributed by atoms with van der Waals surface area (Å²) in [5, 5.41) is 0.768. The maximum absolute atomic E-state index is 13.6. The SMILES string of the molecule is COc1ccc(N2CCC(c3c(OC)cc(OC)c4c(=O)cc(-c5ccccc5Cl)oc34)C2COC(C)=O)cc1. The first-order valence-electron chi connectivity index (χ1n) is 12.9. The Labute approximate surface area is 237 Å². The fraction of sp³-hybridized carbons (Fsp3) is 0.290. The van der Waals surface area contributed by atoms with Gasteiger partial charge in [0.2, 0.25) is 0 Å². The molecule has 1 aliphatic rings. The number of carbonyl (C=O) groups excluding carboxylic acids is 1. The number of hydrogen-bond donors (Lipinski definition) is 0. The van der Waals surface area contributed by atoms with E-state index in [2.05, 4.69) is 4.90 Å². The van der Waals surface area contributed by atoms with Crippen LogP contribution in [0.5, 0.6) is 17.2 Å². The zero-order valence-corrected chi connectivity index (χ0v) is 23.5. The minimum absolute atomic E-state index is 0.136. The Kier molecular flexibility index (Phi) is 7.89. The standard InChI is InChI=1S/C31H30ClNO7/c1-18(34)39-17-24-22(13-14-33(24)19-9-11-20(36-2)12-10-19)29-27(37-3)16-28(38-4)30-25(35)15-26(40-31(29)30)21-7-5-6-8-23(21)32/h5-12,15-16,22,24H,13-14,17H2,1-4H3. The molecule has 1 aliphatic heterocycles. The van der Waals surface area contributed by atoms with Gasteiger partial charge in [-0.25, -0.2) is 0 Å². The van der Waals surface area contributed by atoms with Crippen molar-refractivity contribution in [3.05, 3.63) is 81.5 Å². The van der Waals surface area contributed by atoms with Crippen LogP contribution in [0.2, 0.25) is 5.02 Å². The van der Waals surface area contributed by atoms with Crippen molar-refractivity contribution in [1.82, 2.24) is 0 Å². The second-order valence-electron chi connectivity index (χ2n) is 9.51. The molecule has 0 aliphatic carbocycles. The molecule has 2 atom stereocenters. The molecule has 2 unspecified atom stereocenters. The number of fused-ring (bicyclic) bond motifs is 1. The molecule has 4 aromatic rings. The normalized spacial score (nSPS) is 16.7. The molecule has 3 aromatic carbocycles. The summed E-state index contributed by atoms with van der Waals surface area (Å²) < 4.78 is 28.8. The van der Waals surface area contributed by atoms with Crippen molar-refractivity contribution >= 4 is 34.2 Å². The van der Waals surface area contributed by atoms with E-state index in [9.17, 15) is 9.59 Å². The number of nitrogens with zero attached hydrogens (tertiary/aromatic N) is 1. The Bertz CT molecular complexity index is 1600. The molecule has 1 saturated heterocycles. The Morgan fingerprint density at radius 3 is 2.38 bits per heavy atom. The van der Waals surface area contributed by atoms with E-state index in [-0.39, 0.29) is 30.0 Å². The largest absolute Gasteiger partial charge is 0.497 e. The van der Waals surface area contributed by atoms with Crippen LogP contribution in [0.3, 0.4) is 0 Å². The van der Waals surface area contributed by atoms with Crippen molar-refractivity contribution in [3.63, 3.8) is 0 Å². The lowest BCUT2D eigenvalue weighted by atomic mass is 9.89. The summed E-state index contributed by atoms with van der Waals surface area (Å²) in [7, 11) is 4.69. The summed E-state index contributed by atoms with van der Waals surface area (Å²) in [6, 6.07) is 17.8. The number of methoxy groups -OCH3 is 3. The first kappa shape index (κ1) is 27.4. The number of ether oxygens (including phenoxy) is 4. The first-order valence-corrected chi connectivity index (χ1v) is 13.3. The zero-order valence-electron chi connectivity index (χ0n) is 22.7. The molecule has 40 heavy (non-hydrogen) atoms. The molecule has 5 rings (SSSR count). The maximum atomic E-state index is 13.6. The molecule has 1 fully saturated rings. The van der Waals surface area contributed by atoms with Gasteiger partial charge in [0.05, 0.1) is 32.4 Å². The summed E-state index contributed by atoms with van der Waals surface area (Å²) >= 11 is 6.47. The van der Waals surface area contributed by atoms with Crippen LogP contribution in [0.4, 0.5) is 5.69 Å². The van der Waals surface area contributed by atoms with E-state index in [1.165, 1.54) is 20.1 Å². The number of anilines is 1. The van der Waals surface area contributed by atoms with Gasteiger partial charge in [-0.3, -0.25) is 9.59 Å². The van der Waals surface area contributed by atoms with Crippen molar-refractivity contribution in [2.24, 2.45) is 0 Å². The van der Waals surface area contributed by atoms with Crippen LogP contribution in [0.1, 0.15) is 24.8 Å². The van der Waals surface area contributed by atoms with Crippen molar-refractivity contribution in [2.75, 3.05) is 39.4 Å². The molecule has 2 heterocycles. The van der Waals surface area contributed by atoms with Gasteiger partial charge in [-0.05, 0) is 42.8 Å². The quantitative estimate of drug-likeness (QED) is 0.239. The molecule has 9 heteroatoms. The highest BCUT2D eigenvalue weighted by molar-refractivity contribution is 6.33. The van der Waals surface area contributed by atoms with E-state index in [1.807, 2.05) is 36.4 Å². The molecule has 1 aromatic heterocycles. The Hall–Kier alpha value is -4.17. The lowest BCUT2D eigenvalue weighted by Crippen LogP contribution is -2.37. The van der Waals surface area contributed by atoms with E-state index >= 15 is 0 Å². The molecule has 0 spiro atoms. The summed E-state index contributed by atoms with van der Waals surface area (Å²) in [5.74, 6) is 1.35. The van der Waals surface area contributed by atoms with Gasteiger partial charge in [-0.2, -0.15) is 0 Å². The number of halogens is 1. The van der Waals surface area contributed by atoms with E-state index < -0.39 is 0 Å². The van der Waals surface area contributed by atoms with Gasteiger partial charge < -0.3 is 28.3 Å². The number of benzene rings is 3. The second-order valence-corrected chi connectivity index (χ2v) is 9.92. The Morgan fingerprint density at radius 2 is 1.73 bits per heavy atom. The summed E-state index contributed by atoms with van der Waals surface area (Å²) in [6.07, 6.45) is 0.690. The number of esters is 1. The van der Waals surface area contributed by atoms with Gasteiger partial charge in [0, 0.05) is 48.3 Å². The van der Waals surface area contributed by atoms with Gasteiger partial charge in [0.25, 0.3) is 0 Å². The summed E-state index contributed by atoms with van der Waals surface area (Å²) in [5.41, 5.74) is 2.35. The van der Waals surface area contributed by atoms with Crippen LogP contribution in [0.15, 0.2) is 69.9 Å². The lowest BCUT2D eigenvalue weighted by Gasteiger charge is -2.30. The van der Waals surface area contributed by atoms with E-state index in [1.54, 1.807) is 32.4 Å². The van der Waals surface area contributed by atoms with Crippen LogP contribution in [0.25, 0.3) is 22.3 Å². The predicted molar refractivity (Wildman–Crippen MR) is 154 cm³/mol. The number of carbonyl (C=O) groups is 1. The Morgan fingerprint density at radius 1 is 1.00 bits per heavy atom. The topological polar surface area (TPSA) is 87.4 Å². The minimum atomic E-state index is -0.376. The monoisotopic (exact) mass is 563 g/mol. The van der Waals surface area contributed by atoms with Crippen LogP contribution in [-0.2, 0) is 9.53 Å². The molecule has 0 radical (unpaired) electrons. The molecule has 0 bridgehead atoms. The highest BCUT2D eigenvalue weighted by Gasteiger charge is 2.40. The molecule has 0 N–H and O–H groups in total. The van der Waals surface area contributed by atoms with Crippen molar-refractivity contribution in [2.45, 2.75) is 25.3 Å². The molecular weight excluding hydrogens is 534 g/mol. The predicted octanol–water partition coefficient (Wildman–Crippen LogP) is 6.06. The summed E-state index contributed by atoms with van der Waals surface area (Å²) in [6.45, 7) is 2.20. The molecule has 0 amide bonds. The van der Waals surface area contributed by atoms with E-state index in [4.69, 9.17) is 35.0 Å². The number of hydrogen-bond acceptors (Lipinski definition) is 8. The summed E-state index contributed by atoms with van der Waals surface area (Å²) in [4.78, 5) is 27.6. The molecular formula is C31H30ClNO7. The zero-order chi connectivity index (χ0) is 28.4. The third-order valence-electron chi connectivity index (χ3n) is 7.32. The van der Waals surface area contributed by atoms with Crippen LogP contribution >= 0.6 is 11.6 Å². The fourth-order valence-electron chi connectivity index (χ4n) is 5.47. The van der Waals surface area contributed by atoms with Crippen molar-refractivity contribution < 1.29 is 28.2 Å². The van der Waals surface area contributed by atoms with Gasteiger partial charge in [0.15, 0.2) is 5.43 Å². The van der Waals surface area contributed by atoms with Gasteiger partial charge in [0.1, 0.15) is 40.6 Å². The van der Waals surface area contributed by atoms with E-state index in [0.717, 1.165) is 11.4 Å². The second kappa shape index (κ2) is 11.5. The highest BCUT2D eigenvalue weighted by atomic mass is 35.5. The maximum Gasteiger partial charge on any atom is 0.302 e. The van der Waals surface area contributed by atoms with Gasteiger partial charge >= 0.3 is 5.97 Å². The molecule has 0 saturated carbocycles. The average Bonchev–Trinajstić information content (AvgIpc) is 3.38. The molecule has 208 valence electrons. The first-order chi connectivity index (χ1) is 19.4. The van der Waals surface area contributed by atoms with Crippen molar-refractivity contribution in [1.29, 1.82) is 0 Å². The van der Waals surface area contributed by atoms with Gasteiger partial charge in [-0.15, -0.1) is 0 Å². The van der Waals surface area contributed by atoms with Crippen molar-refractivity contribution in [3.8, 4) is 28.6 Å². The van der Waals surface area contributed by atoms with Crippen LogP contribution < -0.4 is 24.5 Å². The van der Waals surface area contributed by atoms with Crippen LogP contribution in [-0.4, -0.2) is 46.5 Å². The fourth-order valence-corrected chi connectivity index (χ4v) is 5.69. The third kappa shape index (κ3) is 5.07. The van der Waals surface area contributed by atoms with Gasteiger partial charge in [-0.1, -0.05) is 23.7 Å².